The lowest BCUT2D eigenvalue weighted by Crippen LogP contribution is -2.32. The fourth-order valence-corrected chi connectivity index (χ4v) is 2.84. The highest BCUT2D eigenvalue weighted by atomic mass is 16.5. The van der Waals surface area contributed by atoms with E-state index in [1.165, 1.54) is 5.56 Å². The molecule has 0 fully saturated rings. The molecule has 0 aliphatic carbocycles. The smallest absolute Gasteiger partial charge is 0.333 e. The van der Waals surface area contributed by atoms with Gasteiger partial charge in [0.05, 0.1) is 12.7 Å². The van der Waals surface area contributed by atoms with Crippen LogP contribution in [0.15, 0.2) is 60.2 Å². The maximum atomic E-state index is 11.7. The van der Waals surface area contributed by atoms with Crippen LogP contribution < -0.4 is 5.32 Å². The van der Waals surface area contributed by atoms with E-state index in [2.05, 4.69) is 24.4 Å². The zero-order chi connectivity index (χ0) is 19.6. The largest absolute Gasteiger partial charge is 0.463 e. The molecule has 2 aromatic rings. The van der Waals surface area contributed by atoms with Crippen LogP contribution in [0.5, 0.6) is 0 Å². The molecule has 0 spiro atoms. The van der Waals surface area contributed by atoms with E-state index in [9.17, 15) is 9.90 Å². The summed E-state index contributed by atoms with van der Waals surface area (Å²) in [6, 6.07) is 18.1. The minimum Gasteiger partial charge on any atom is -0.463 e. The van der Waals surface area contributed by atoms with E-state index >= 15 is 0 Å². The third-order valence-electron chi connectivity index (χ3n) is 4.35. The first-order valence-electron chi connectivity index (χ1n) is 9.40. The third-order valence-corrected chi connectivity index (χ3v) is 4.35. The van der Waals surface area contributed by atoms with Gasteiger partial charge >= 0.3 is 5.97 Å². The Bertz CT molecular complexity index is 738. The Labute approximate surface area is 161 Å². The molecule has 2 N–H and O–H groups in total. The highest BCUT2D eigenvalue weighted by Gasteiger charge is 2.10. The number of hydrogen-bond donors (Lipinski definition) is 2. The Morgan fingerprint density at radius 1 is 1.15 bits per heavy atom. The van der Waals surface area contributed by atoms with Crippen LogP contribution in [-0.2, 0) is 16.0 Å². The average Bonchev–Trinajstić information content (AvgIpc) is 2.68. The van der Waals surface area contributed by atoms with Crippen molar-refractivity contribution < 1.29 is 14.6 Å². The molecule has 0 saturated carbocycles. The predicted octanol–water partition coefficient (Wildman–Crippen LogP) is 3.91. The van der Waals surface area contributed by atoms with Crippen molar-refractivity contribution in [3.63, 3.8) is 0 Å². The van der Waals surface area contributed by atoms with Gasteiger partial charge in [0.2, 0.25) is 0 Å². The molecule has 27 heavy (non-hydrogen) atoms. The minimum atomic E-state index is -0.507. The van der Waals surface area contributed by atoms with Crippen molar-refractivity contribution in [2.45, 2.75) is 39.3 Å². The molecule has 0 aliphatic heterocycles. The van der Waals surface area contributed by atoms with Gasteiger partial charge in [0.25, 0.3) is 0 Å². The summed E-state index contributed by atoms with van der Waals surface area (Å²) in [5.74, 6) is -0.281. The van der Waals surface area contributed by atoms with Gasteiger partial charge in [-0.15, -0.1) is 0 Å². The maximum Gasteiger partial charge on any atom is 0.333 e. The first-order valence-corrected chi connectivity index (χ1v) is 9.40. The summed E-state index contributed by atoms with van der Waals surface area (Å²) in [7, 11) is 0. The zero-order valence-electron chi connectivity index (χ0n) is 16.3. The Balaban J connectivity index is 1.85. The van der Waals surface area contributed by atoms with Crippen molar-refractivity contribution in [3.8, 4) is 0 Å². The second-order valence-electron chi connectivity index (χ2n) is 6.73. The fourth-order valence-electron chi connectivity index (χ4n) is 2.84. The molecule has 0 saturated heterocycles. The summed E-state index contributed by atoms with van der Waals surface area (Å²) < 4.78 is 4.99. The van der Waals surface area contributed by atoms with Crippen molar-refractivity contribution in [3.05, 3.63) is 76.9 Å². The van der Waals surface area contributed by atoms with Crippen LogP contribution in [0.4, 0.5) is 0 Å². The van der Waals surface area contributed by atoms with Crippen molar-refractivity contribution in [1.82, 2.24) is 5.32 Å². The molecular weight excluding hydrogens is 338 g/mol. The topological polar surface area (TPSA) is 58.6 Å². The molecule has 144 valence electrons. The molecule has 2 atom stereocenters. The van der Waals surface area contributed by atoms with Crippen molar-refractivity contribution in [2.24, 2.45) is 0 Å². The summed E-state index contributed by atoms with van der Waals surface area (Å²) >= 11 is 0. The highest BCUT2D eigenvalue weighted by molar-refractivity contribution is 5.92. The molecular formula is C23H29NO3. The number of carbonyl (C=O) groups excluding carboxylic acids is 1. The van der Waals surface area contributed by atoms with Gasteiger partial charge in [-0.05, 0) is 50.0 Å². The minimum absolute atomic E-state index is 0.242. The van der Waals surface area contributed by atoms with Gasteiger partial charge in [0, 0.05) is 18.2 Å². The summed E-state index contributed by atoms with van der Waals surface area (Å²) in [4.78, 5) is 11.7. The van der Waals surface area contributed by atoms with Gasteiger partial charge in [-0.2, -0.15) is 0 Å². The van der Waals surface area contributed by atoms with Crippen molar-refractivity contribution in [2.75, 3.05) is 13.2 Å². The number of esters is 1. The Morgan fingerprint density at radius 2 is 1.81 bits per heavy atom. The predicted molar refractivity (Wildman–Crippen MR) is 109 cm³/mol. The molecule has 4 nitrogen and oxygen atoms in total. The standard InChI is InChI=1S/C23H29NO3/c1-4-27-23(26)17(2)14-19-10-12-20(13-11-19)15-18(3)24-16-22(25)21-8-6-5-7-9-21/h5-14,18,22,24-25H,4,15-16H2,1-3H3. The van der Waals surface area contributed by atoms with Gasteiger partial charge in [-0.25, -0.2) is 4.79 Å². The quantitative estimate of drug-likeness (QED) is 0.521. The van der Waals surface area contributed by atoms with E-state index in [0.717, 1.165) is 17.5 Å². The molecule has 2 rings (SSSR count). The molecule has 2 aromatic carbocycles. The Morgan fingerprint density at radius 3 is 2.44 bits per heavy atom. The van der Waals surface area contributed by atoms with Crippen LogP contribution in [0.3, 0.4) is 0 Å². The van der Waals surface area contributed by atoms with Crippen LogP contribution in [0, 0.1) is 0 Å². The van der Waals surface area contributed by atoms with Gasteiger partial charge in [0.1, 0.15) is 0 Å². The first kappa shape index (κ1) is 20.9. The lowest BCUT2D eigenvalue weighted by atomic mass is 10.0. The van der Waals surface area contributed by atoms with Gasteiger partial charge in [-0.1, -0.05) is 54.6 Å². The fraction of sp³-hybridized carbons (Fsp3) is 0.348. The summed E-state index contributed by atoms with van der Waals surface area (Å²) in [6.45, 7) is 6.57. The summed E-state index contributed by atoms with van der Waals surface area (Å²) in [5, 5.41) is 13.6. The number of aliphatic hydroxyl groups is 1. The lowest BCUT2D eigenvalue weighted by molar-refractivity contribution is -0.138. The Hall–Kier alpha value is -2.43. The van der Waals surface area contributed by atoms with E-state index in [-0.39, 0.29) is 12.0 Å². The second-order valence-corrected chi connectivity index (χ2v) is 6.73. The van der Waals surface area contributed by atoms with Crippen LogP contribution in [0.1, 0.15) is 43.6 Å². The van der Waals surface area contributed by atoms with E-state index in [1.807, 2.05) is 48.5 Å². The van der Waals surface area contributed by atoms with E-state index in [1.54, 1.807) is 13.8 Å². The lowest BCUT2D eigenvalue weighted by Gasteiger charge is -2.17. The molecule has 4 heteroatoms. The molecule has 0 radical (unpaired) electrons. The molecule has 2 unspecified atom stereocenters. The van der Waals surface area contributed by atoms with E-state index in [4.69, 9.17) is 4.74 Å². The Kier molecular flexibility index (Phi) is 8.24. The van der Waals surface area contributed by atoms with Gasteiger partial charge in [0.15, 0.2) is 0 Å². The number of benzene rings is 2. The number of hydrogen-bond acceptors (Lipinski definition) is 4. The number of nitrogens with one attached hydrogen (secondary N) is 1. The monoisotopic (exact) mass is 367 g/mol. The number of carbonyl (C=O) groups is 1. The molecule has 0 amide bonds. The van der Waals surface area contributed by atoms with Gasteiger partial charge < -0.3 is 15.2 Å². The summed E-state index contributed by atoms with van der Waals surface area (Å²) in [6.07, 6.45) is 2.19. The number of ether oxygens (including phenoxy) is 1. The van der Waals surface area contributed by atoms with E-state index in [0.29, 0.717) is 18.7 Å². The van der Waals surface area contributed by atoms with Crippen LogP contribution >= 0.6 is 0 Å². The van der Waals surface area contributed by atoms with Crippen molar-refractivity contribution in [1.29, 1.82) is 0 Å². The first-order chi connectivity index (χ1) is 13.0. The maximum absolute atomic E-state index is 11.7. The number of aliphatic hydroxyl groups excluding tert-OH is 1. The molecule has 0 bridgehead atoms. The molecule has 0 heterocycles. The molecule has 0 aliphatic rings. The van der Waals surface area contributed by atoms with Gasteiger partial charge in [-0.3, -0.25) is 0 Å². The number of rotatable bonds is 9. The van der Waals surface area contributed by atoms with Crippen LogP contribution in [0.25, 0.3) is 6.08 Å². The average molecular weight is 367 g/mol. The van der Waals surface area contributed by atoms with Crippen molar-refractivity contribution >= 4 is 12.0 Å². The van der Waals surface area contributed by atoms with Crippen LogP contribution in [-0.4, -0.2) is 30.3 Å². The second kappa shape index (κ2) is 10.7. The normalized spacial score (nSPS) is 13.9. The summed E-state index contributed by atoms with van der Waals surface area (Å²) in [5.41, 5.74) is 3.69. The highest BCUT2D eigenvalue weighted by Crippen LogP contribution is 2.13. The zero-order valence-corrected chi connectivity index (χ0v) is 16.3. The van der Waals surface area contributed by atoms with Crippen LogP contribution in [0.2, 0.25) is 0 Å². The molecule has 0 aromatic heterocycles. The third kappa shape index (κ3) is 7.00. The SMILES string of the molecule is CCOC(=O)C(C)=Cc1ccc(CC(C)NCC(O)c2ccccc2)cc1. The van der Waals surface area contributed by atoms with E-state index < -0.39 is 6.10 Å².